The summed E-state index contributed by atoms with van der Waals surface area (Å²) >= 11 is 0. The van der Waals surface area contributed by atoms with Crippen LogP contribution in [0, 0.1) is 5.92 Å². The van der Waals surface area contributed by atoms with Crippen LogP contribution in [0.5, 0.6) is 5.75 Å². The molecule has 0 aromatic heterocycles. The van der Waals surface area contributed by atoms with Gasteiger partial charge in [0.25, 0.3) is 5.91 Å². The van der Waals surface area contributed by atoms with Crippen molar-refractivity contribution in [1.29, 1.82) is 0 Å². The SMILES string of the molecule is CCOCc1cc(C(=O)NC(c2ccccc2)C(C)C)ccc1OC. The molecule has 0 fully saturated rings. The second-order valence-electron chi connectivity index (χ2n) is 6.27. The highest BCUT2D eigenvalue weighted by molar-refractivity contribution is 5.94. The van der Waals surface area contributed by atoms with Crippen LogP contribution in [-0.2, 0) is 11.3 Å². The molecule has 2 aromatic rings. The summed E-state index contributed by atoms with van der Waals surface area (Å²) in [5.41, 5.74) is 2.59. The Labute approximate surface area is 150 Å². The minimum absolute atomic E-state index is 0.0360. The Morgan fingerprint density at radius 3 is 2.44 bits per heavy atom. The molecule has 4 heteroatoms. The fraction of sp³-hybridized carbons (Fsp3) is 0.381. The summed E-state index contributed by atoms with van der Waals surface area (Å²) in [7, 11) is 1.62. The summed E-state index contributed by atoms with van der Waals surface area (Å²) in [5.74, 6) is 0.920. The van der Waals surface area contributed by atoms with E-state index >= 15 is 0 Å². The van der Waals surface area contributed by atoms with Gasteiger partial charge in [-0.15, -0.1) is 0 Å². The number of amides is 1. The van der Waals surface area contributed by atoms with Crippen molar-refractivity contribution >= 4 is 5.91 Å². The van der Waals surface area contributed by atoms with Gasteiger partial charge in [-0.25, -0.2) is 0 Å². The van der Waals surface area contributed by atoms with Crippen LogP contribution in [0.2, 0.25) is 0 Å². The first-order chi connectivity index (χ1) is 12.1. The second-order valence-corrected chi connectivity index (χ2v) is 6.27. The van der Waals surface area contributed by atoms with Gasteiger partial charge in [-0.3, -0.25) is 4.79 Å². The third kappa shape index (κ3) is 5.07. The van der Waals surface area contributed by atoms with Crippen molar-refractivity contribution in [2.24, 2.45) is 5.92 Å². The summed E-state index contributed by atoms with van der Waals surface area (Å²) in [5, 5.41) is 3.15. The highest BCUT2D eigenvalue weighted by Crippen LogP contribution is 2.24. The van der Waals surface area contributed by atoms with E-state index < -0.39 is 0 Å². The molecule has 1 N–H and O–H groups in total. The molecule has 2 aromatic carbocycles. The Kier molecular flexibility index (Phi) is 7.02. The molecule has 25 heavy (non-hydrogen) atoms. The molecule has 0 aliphatic carbocycles. The van der Waals surface area contributed by atoms with Crippen LogP contribution in [0.15, 0.2) is 48.5 Å². The van der Waals surface area contributed by atoms with Crippen molar-refractivity contribution in [3.8, 4) is 5.75 Å². The zero-order valence-electron chi connectivity index (χ0n) is 15.4. The summed E-state index contributed by atoms with van der Waals surface area (Å²) in [4.78, 5) is 12.8. The molecule has 0 spiro atoms. The molecule has 4 nitrogen and oxygen atoms in total. The molecule has 1 atom stereocenters. The van der Waals surface area contributed by atoms with E-state index in [0.717, 1.165) is 16.9 Å². The molecule has 0 bridgehead atoms. The van der Waals surface area contributed by atoms with Crippen molar-refractivity contribution in [1.82, 2.24) is 5.32 Å². The molecular formula is C21H27NO3. The smallest absolute Gasteiger partial charge is 0.251 e. The average Bonchev–Trinajstić information content (AvgIpc) is 2.64. The first-order valence-corrected chi connectivity index (χ1v) is 8.67. The highest BCUT2D eigenvalue weighted by atomic mass is 16.5. The van der Waals surface area contributed by atoms with Gasteiger partial charge >= 0.3 is 0 Å². The third-order valence-electron chi connectivity index (χ3n) is 4.12. The second kappa shape index (κ2) is 9.23. The molecule has 0 heterocycles. The Morgan fingerprint density at radius 1 is 1.12 bits per heavy atom. The van der Waals surface area contributed by atoms with Crippen molar-refractivity contribution in [3.05, 3.63) is 65.2 Å². The number of rotatable bonds is 8. The zero-order valence-corrected chi connectivity index (χ0v) is 15.4. The van der Waals surface area contributed by atoms with Crippen LogP contribution in [0.4, 0.5) is 0 Å². The van der Waals surface area contributed by atoms with Crippen LogP contribution in [0.3, 0.4) is 0 Å². The van der Waals surface area contributed by atoms with Crippen molar-refractivity contribution in [2.75, 3.05) is 13.7 Å². The Bertz CT molecular complexity index is 683. The molecule has 1 amide bonds. The zero-order chi connectivity index (χ0) is 18.2. The van der Waals surface area contributed by atoms with Crippen molar-refractivity contribution in [3.63, 3.8) is 0 Å². The lowest BCUT2D eigenvalue weighted by molar-refractivity contribution is 0.0925. The van der Waals surface area contributed by atoms with Gasteiger partial charge in [0.15, 0.2) is 0 Å². The number of hydrogen-bond acceptors (Lipinski definition) is 3. The Hall–Kier alpha value is -2.33. The lowest BCUT2D eigenvalue weighted by Crippen LogP contribution is -2.31. The van der Waals surface area contributed by atoms with Crippen LogP contribution >= 0.6 is 0 Å². The van der Waals surface area contributed by atoms with Crippen LogP contribution in [-0.4, -0.2) is 19.6 Å². The minimum atomic E-state index is -0.0945. The first-order valence-electron chi connectivity index (χ1n) is 8.67. The average molecular weight is 341 g/mol. The number of carbonyl (C=O) groups excluding carboxylic acids is 1. The van der Waals surface area contributed by atoms with E-state index in [9.17, 15) is 4.79 Å². The third-order valence-corrected chi connectivity index (χ3v) is 4.12. The van der Waals surface area contributed by atoms with Crippen LogP contribution in [0.1, 0.15) is 48.3 Å². The lowest BCUT2D eigenvalue weighted by atomic mass is 9.95. The molecular weight excluding hydrogens is 314 g/mol. The van der Waals surface area contributed by atoms with E-state index in [1.165, 1.54) is 0 Å². The van der Waals surface area contributed by atoms with Crippen molar-refractivity contribution in [2.45, 2.75) is 33.4 Å². The lowest BCUT2D eigenvalue weighted by Gasteiger charge is -2.23. The Balaban J connectivity index is 2.21. The van der Waals surface area contributed by atoms with E-state index in [1.54, 1.807) is 13.2 Å². The normalized spacial score (nSPS) is 12.0. The standard InChI is InChI=1S/C21H27NO3/c1-5-25-14-18-13-17(11-12-19(18)24-4)21(23)22-20(15(2)3)16-9-7-6-8-10-16/h6-13,15,20H,5,14H2,1-4H3,(H,22,23). The number of carbonyl (C=O) groups is 1. The minimum Gasteiger partial charge on any atom is -0.496 e. The van der Waals surface area contributed by atoms with E-state index in [2.05, 4.69) is 19.2 Å². The van der Waals surface area contributed by atoms with Gasteiger partial charge in [-0.1, -0.05) is 44.2 Å². The number of methoxy groups -OCH3 is 1. The summed E-state index contributed by atoms with van der Waals surface area (Å²) < 4.78 is 10.8. The molecule has 0 radical (unpaired) electrons. The van der Waals surface area contributed by atoms with Gasteiger partial charge in [0, 0.05) is 17.7 Å². The monoisotopic (exact) mass is 341 g/mol. The topological polar surface area (TPSA) is 47.6 Å². The number of hydrogen-bond donors (Lipinski definition) is 1. The predicted octanol–water partition coefficient (Wildman–Crippen LogP) is 4.36. The maximum atomic E-state index is 12.8. The van der Waals surface area contributed by atoms with Crippen LogP contribution in [0.25, 0.3) is 0 Å². The Morgan fingerprint density at radius 2 is 1.84 bits per heavy atom. The fourth-order valence-electron chi connectivity index (χ4n) is 2.76. The maximum absolute atomic E-state index is 12.8. The molecule has 0 aliphatic heterocycles. The van der Waals surface area contributed by atoms with Gasteiger partial charge in [0.1, 0.15) is 5.75 Å². The largest absolute Gasteiger partial charge is 0.496 e. The van der Waals surface area contributed by atoms with Crippen LogP contribution < -0.4 is 10.1 Å². The number of nitrogens with one attached hydrogen (secondary N) is 1. The summed E-state index contributed by atoms with van der Waals surface area (Å²) in [6, 6.07) is 15.4. The predicted molar refractivity (Wildman–Crippen MR) is 99.8 cm³/mol. The number of ether oxygens (including phenoxy) is 2. The van der Waals surface area contributed by atoms with Crippen molar-refractivity contribution < 1.29 is 14.3 Å². The van der Waals surface area contributed by atoms with E-state index in [1.807, 2.05) is 49.4 Å². The highest BCUT2D eigenvalue weighted by Gasteiger charge is 2.19. The molecule has 2 rings (SSSR count). The van der Waals surface area contributed by atoms with Gasteiger partial charge in [0.05, 0.1) is 19.8 Å². The molecule has 134 valence electrons. The first kappa shape index (κ1) is 19.0. The van der Waals surface area contributed by atoms with Gasteiger partial charge in [-0.05, 0) is 36.6 Å². The van der Waals surface area contributed by atoms with Gasteiger partial charge < -0.3 is 14.8 Å². The molecule has 0 aliphatic rings. The van der Waals surface area contributed by atoms with E-state index in [-0.39, 0.29) is 17.9 Å². The molecule has 1 unspecified atom stereocenters. The van der Waals surface area contributed by atoms with E-state index in [4.69, 9.17) is 9.47 Å². The summed E-state index contributed by atoms with van der Waals surface area (Å²) in [6.45, 7) is 7.19. The maximum Gasteiger partial charge on any atom is 0.251 e. The molecule has 0 saturated carbocycles. The van der Waals surface area contributed by atoms with Gasteiger partial charge in [0.2, 0.25) is 0 Å². The van der Waals surface area contributed by atoms with Gasteiger partial charge in [-0.2, -0.15) is 0 Å². The quantitative estimate of drug-likeness (QED) is 0.776. The summed E-state index contributed by atoms with van der Waals surface area (Å²) in [6.07, 6.45) is 0. The fourth-order valence-corrected chi connectivity index (χ4v) is 2.76. The molecule has 0 saturated heterocycles. The van der Waals surface area contributed by atoms with E-state index in [0.29, 0.717) is 18.8 Å². The number of benzene rings is 2.